The van der Waals surface area contributed by atoms with Crippen molar-refractivity contribution in [2.75, 3.05) is 6.54 Å². The van der Waals surface area contributed by atoms with E-state index in [-0.39, 0.29) is 0 Å². The highest BCUT2D eigenvalue weighted by Gasteiger charge is 2.09. The summed E-state index contributed by atoms with van der Waals surface area (Å²) in [6, 6.07) is 0. The summed E-state index contributed by atoms with van der Waals surface area (Å²) in [6.07, 6.45) is 2.12. The number of nitrogens with zero attached hydrogens (tertiary/aromatic N) is 2. The summed E-state index contributed by atoms with van der Waals surface area (Å²) < 4.78 is 0. The first kappa shape index (κ1) is 14.1. The van der Waals surface area contributed by atoms with E-state index in [0.29, 0.717) is 5.92 Å². The van der Waals surface area contributed by atoms with Crippen LogP contribution in [0.3, 0.4) is 0 Å². The van der Waals surface area contributed by atoms with Crippen molar-refractivity contribution in [2.45, 2.75) is 54.0 Å². The molecule has 1 aromatic rings. The van der Waals surface area contributed by atoms with Crippen molar-refractivity contribution in [2.24, 2.45) is 5.92 Å². The van der Waals surface area contributed by atoms with Gasteiger partial charge >= 0.3 is 0 Å². The normalized spacial score (nSPS) is 11.2. The highest BCUT2D eigenvalue weighted by Crippen LogP contribution is 2.12. The first-order valence-corrected chi connectivity index (χ1v) is 6.58. The van der Waals surface area contributed by atoms with Crippen LogP contribution in [0.5, 0.6) is 0 Å². The Labute approximate surface area is 105 Å². The average Bonchev–Trinajstić information content (AvgIpc) is 2.21. The van der Waals surface area contributed by atoms with Crippen molar-refractivity contribution >= 4 is 0 Å². The van der Waals surface area contributed by atoms with Crippen molar-refractivity contribution in [3.05, 3.63) is 22.8 Å². The summed E-state index contributed by atoms with van der Waals surface area (Å²) in [6.45, 7) is 12.7. The van der Waals surface area contributed by atoms with Gasteiger partial charge in [0.2, 0.25) is 0 Å². The van der Waals surface area contributed by atoms with Gasteiger partial charge in [-0.15, -0.1) is 0 Å². The monoisotopic (exact) mass is 235 g/mol. The molecule has 0 aromatic carbocycles. The second-order valence-corrected chi connectivity index (χ2v) is 5.06. The first-order chi connectivity index (χ1) is 8.04. The van der Waals surface area contributed by atoms with Crippen molar-refractivity contribution in [1.82, 2.24) is 15.3 Å². The summed E-state index contributed by atoms with van der Waals surface area (Å²) in [5, 5.41) is 3.41. The molecule has 0 bridgehead atoms. The zero-order valence-corrected chi connectivity index (χ0v) is 11.8. The van der Waals surface area contributed by atoms with Crippen LogP contribution in [0.25, 0.3) is 0 Å². The van der Waals surface area contributed by atoms with E-state index in [4.69, 9.17) is 0 Å². The molecule has 0 unspecified atom stereocenters. The van der Waals surface area contributed by atoms with Crippen LogP contribution >= 0.6 is 0 Å². The maximum absolute atomic E-state index is 4.60. The molecule has 0 radical (unpaired) electrons. The molecule has 0 aliphatic carbocycles. The first-order valence-electron chi connectivity index (χ1n) is 6.58. The van der Waals surface area contributed by atoms with Crippen LogP contribution < -0.4 is 5.32 Å². The molecule has 0 amide bonds. The molecule has 96 valence electrons. The van der Waals surface area contributed by atoms with Crippen molar-refractivity contribution < 1.29 is 0 Å². The summed E-state index contributed by atoms with van der Waals surface area (Å²) in [7, 11) is 0. The maximum Gasteiger partial charge on any atom is 0.129 e. The topological polar surface area (TPSA) is 37.8 Å². The van der Waals surface area contributed by atoms with Gasteiger partial charge in [-0.3, -0.25) is 0 Å². The minimum atomic E-state index is 0.609. The molecular formula is C14H25N3. The van der Waals surface area contributed by atoms with E-state index in [0.717, 1.165) is 43.1 Å². The van der Waals surface area contributed by atoms with Gasteiger partial charge in [0.1, 0.15) is 5.82 Å². The molecular weight excluding hydrogens is 210 g/mol. The summed E-state index contributed by atoms with van der Waals surface area (Å²) >= 11 is 0. The Hall–Kier alpha value is -0.960. The van der Waals surface area contributed by atoms with Crippen LogP contribution in [0.4, 0.5) is 0 Å². The molecule has 0 aliphatic rings. The molecule has 3 nitrogen and oxygen atoms in total. The van der Waals surface area contributed by atoms with Gasteiger partial charge in [0.25, 0.3) is 0 Å². The van der Waals surface area contributed by atoms with E-state index < -0.39 is 0 Å². The Morgan fingerprint density at radius 2 is 1.71 bits per heavy atom. The Balaban J connectivity index is 2.79. The van der Waals surface area contributed by atoms with E-state index in [1.807, 2.05) is 0 Å². The Morgan fingerprint density at radius 1 is 1.12 bits per heavy atom. The van der Waals surface area contributed by atoms with Gasteiger partial charge in [0.15, 0.2) is 0 Å². The minimum Gasteiger partial charge on any atom is -0.313 e. The number of rotatable bonds is 6. The van der Waals surface area contributed by atoms with Gasteiger partial charge in [-0.25, -0.2) is 9.97 Å². The van der Waals surface area contributed by atoms with Crippen LogP contribution in [0.1, 0.15) is 50.0 Å². The minimum absolute atomic E-state index is 0.609. The Morgan fingerprint density at radius 3 is 2.18 bits per heavy atom. The predicted octanol–water partition coefficient (Wildman–Crippen LogP) is 2.79. The average molecular weight is 235 g/mol. The van der Waals surface area contributed by atoms with Crippen LogP contribution in [0.2, 0.25) is 0 Å². The summed E-state index contributed by atoms with van der Waals surface area (Å²) in [4.78, 5) is 9.20. The summed E-state index contributed by atoms with van der Waals surface area (Å²) in [5.41, 5.74) is 3.50. The second-order valence-electron chi connectivity index (χ2n) is 5.06. The fraction of sp³-hybridized carbons (Fsp3) is 0.714. The lowest BCUT2D eigenvalue weighted by Gasteiger charge is -2.12. The van der Waals surface area contributed by atoms with Crippen LogP contribution in [-0.2, 0) is 13.0 Å². The number of hydrogen-bond donors (Lipinski definition) is 1. The molecule has 0 saturated heterocycles. The Bertz CT molecular complexity index is 335. The lowest BCUT2D eigenvalue weighted by molar-refractivity contribution is 0.610. The lowest BCUT2D eigenvalue weighted by atomic mass is 10.1. The third kappa shape index (κ3) is 4.43. The highest BCUT2D eigenvalue weighted by molar-refractivity contribution is 5.24. The molecule has 17 heavy (non-hydrogen) atoms. The molecule has 0 spiro atoms. The molecule has 0 fully saturated rings. The van der Waals surface area contributed by atoms with Crippen molar-refractivity contribution in [3.63, 3.8) is 0 Å². The largest absolute Gasteiger partial charge is 0.313 e. The third-order valence-corrected chi connectivity index (χ3v) is 2.79. The van der Waals surface area contributed by atoms with Gasteiger partial charge < -0.3 is 5.32 Å². The number of hydrogen-bond acceptors (Lipinski definition) is 3. The zero-order chi connectivity index (χ0) is 12.8. The van der Waals surface area contributed by atoms with Gasteiger partial charge in [0, 0.05) is 29.9 Å². The van der Waals surface area contributed by atoms with Crippen LogP contribution in [0, 0.1) is 19.8 Å². The molecule has 0 saturated carbocycles. The third-order valence-electron chi connectivity index (χ3n) is 2.79. The standard InChI is InChI=1S/C14H25N3/c1-6-7-15-9-13-11(4)16-14(8-10(2)3)17-12(13)5/h10,15H,6-9H2,1-5H3. The number of nitrogens with one attached hydrogen (secondary N) is 1. The number of aryl methyl sites for hydroxylation is 2. The molecule has 3 heteroatoms. The summed E-state index contributed by atoms with van der Waals surface area (Å²) in [5.74, 6) is 1.59. The Kier molecular flexibility index (Phi) is 5.56. The molecule has 0 aliphatic heterocycles. The van der Waals surface area contributed by atoms with E-state index >= 15 is 0 Å². The van der Waals surface area contributed by atoms with E-state index in [1.165, 1.54) is 5.56 Å². The quantitative estimate of drug-likeness (QED) is 0.770. The number of aromatic nitrogens is 2. The maximum atomic E-state index is 4.60. The molecule has 1 aromatic heterocycles. The van der Waals surface area contributed by atoms with Gasteiger partial charge in [0.05, 0.1) is 0 Å². The molecule has 1 rings (SSSR count). The van der Waals surface area contributed by atoms with E-state index in [1.54, 1.807) is 0 Å². The van der Waals surface area contributed by atoms with Crippen LogP contribution in [-0.4, -0.2) is 16.5 Å². The zero-order valence-electron chi connectivity index (χ0n) is 11.8. The fourth-order valence-corrected chi connectivity index (χ4v) is 1.91. The lowest BCUT2D eigenvalue weighted by Crippen LogP contribution is -2.17. The highest BCUT2D eigenvalue weighted by atomic mass is 14.9. The van der Waals surface area contributed by atoms with Gasteiger partial charge in [-0.1, -0.05) is 20.8 Å². The van der Waals surface area contributed by atoms with Gasteiger partial charge in [-0.05, 0) is 32.7 Å². The van der Waals surface area contributed by atoms with E-state index in [2.05, 4.69) is 49.9 Å². The van der Waals surface area contributed by atoms with Crippen molar-refractivity contribution in [1.29, 1.82) is 0 Å². The van der Waals surface area contributed by atoms with Crippen molar-refractivity contribution in [3.8, 4) is 0 Å². The predicted molar refractivity (Wildman–Crippen MR) is 72.0 cm³/mol. The SMILES string of the molecule is CCCNCc1c(C)nc(CC(C)C)nc1C. The smallest absolute Gasteiger partial charge is 0.129 e. The molecule has 0 atom stereocenters. The molecule has 1 heterocycles. The fourth-order valence-electron chi connectivity index (χ4n) is 1.91. The molecule has 1 N–H and O–H groups in total. The second kappa shape index (κ2) is 6.70. The van der Waals surface area contributed by atoms with E-state index in [9.17, 15) is 0 Å². The van der Waals surface area contributed by atoms with Gasteiger partial charge in [-0.2, -0.15) is 0 Å². The van der Waals surface area contributed by atoms with Crippen LogP contribution in [0.15, 0.2) is 0 Å².